The van der Waals surface area contributed by atoms with E-state index in [4.69, 9.17) is 0 Å². The third-order valence-corrected chi connectivity index (χ3v) is 4.57. The minimum atomic E-state index is 0.757. The van der Waals surface area contributed by atoms with E-state index in [-0.39, 0.29) is 0 Å². The summed E-state index contributed by atoms with van der Waals surface area (Å²) in [6.45, 7) is 2.17. The predicted octanol–water partition coefficient (Wildman–Crippen LogP) is 3.90. The SMILES string of the molecule is CCCc1nc(NC)cc(SC2CCCCC2)n1. The molecule has 0 radical (unpaired) electrons. The van der Waals surface area contributed by atoms with Gasteiger partial charge in [-0.25, -0.2) is 9.97 Å². The predicted molar refractivity (Wildman–Crippen MR) is 78.3 cm³/mol. The zero-order valence-electron chi connectivity index (χ0n) is 11.4. The van der Waals surface area contributed by atoms with Gasteiger partial charge in [-0.05, 0) is 19.3 Å². The maximum Gasteiger partial charge on any atom is 0.132 e. The molecular weight excluding hydrogens is 242 g/mol. The lowest BCUT2D eigenvalue weighted by molar-refractivity contribution is 0.515. The van der Waals surface area contributed by atoms with Crippen LogP contribution in [0.5, 0.6) is 0 Å². The highest BCUT2D eigenvalue weighted by Crippen LogP contribution is 2.33. The smallest absolute Gasteiger partial charge is 0.132 e. The summed E-state index contributed by atoms with van der Waals surface area (Å²) in [4.78, 5) is 9.18. The Morgan fingerprint density at radius 3 is 2.72 bits per heavy atom. The molecule has 0 amide bonds. The molecule has 0 aromatic carbocycles. The van der Waals surface area contributed by atoms with Crippen LogP contribution in [0, 0.1) is 0 Å². The van der Waals surface area contributed by atoms with Crippen molar-refractivity contribution in [2.24, 2.45) is 0 Å². The highest BCUT2D eigenvalue weighted by atomic mass is 32.2. The van der Waals surface area contributed by atoms with Crippen molar-refractivity contribution in [2.75, 3.05) is 12.4 Å². The van der Waals surface area contributed by atoms with E-state index < -0.39 is 0 Å². The number of aryl methyl sites for hydroxylation is 1. The molecule has 0 atom stereocenters. The molecule has 1 aromatic rings. The summed E-state index contributed by atoms with van der Waals surface area (Å²) in [7, 11) is 1.92. The lowest BCUT2D eigenvalue weighted by atomic mass is 10.0. The number of hydrogen-bond acceptors (Lipinski definition) is 4. The van der Waals surface area contributed by atoms with Crippen LogP contribution in [0.25, 0.3) is 0 Å². The van der Waals surface area contributed by atoms with Crippen molar-refractivity contribution in [1.29, 1.82) is 0 Å². The molecule has 18 heavy (non-hydrogen) atoms. The molecule has 1 fully saturated rings. The quantitative estimate of drug-likeness (QED) is 0.820. The molecule has 0 spiro atoms. The fourth-order valence-electron chi connectivity index (χ4n) is 2.35. The Morgan fingerprint density at radius 1 is 1.28 bits per heavy atom. The molecular formula is C14H23N3S. The third-order valence-electron chi connectivity index (χ3n) is 3.32. The second kappa shape index (κ2) is 6.98. The summed E-state index contributed by atoms with van der Waals surface area (Å²) >= 11 is 1.94. The summed E-state index contributed by atoms with van der Waals surface area (Å²) < 4.78 is 0. The zero-order chi connectivity index (χ0) is 12.8. The van der Waals surface area contributed by atoms with E-state index in [2.05, 4.69) is 28.3 Å². The fourth-order valence-corrected chi connectivity index (χ4v) is 3.60. The largest absolute Gasteiger partial charge is 0.373 e. The average molecular weight is 265 g/mol. The van der Waals surface area contributed by atoms with Gasteiger partial charge in [0.2, 0.25) is 0 Å². The number of aromatic nitrogens is 2. The first-order chi connectivity index (χ1) is 8.81. The van der Waals surface area contributed by atoms with Crippen molar-refractivity contribution >= 4 is 17.6 Å². The van der Waals surface area contributed by atoms with Crippen molar-refractivity contribution in [3.63, 3.8) is 0 Å². The monoisotopic (exact) mass is 265 g/mol. The van der Waals surface area contributed by atoms with Gasteiger partial charge in [0.1, 0.15) is 16.7 Å². The Kier molecular flexibility index (Phi) is 5.29. The van der Waals surface area contributed by atoms with E-state index in [1.807, 2.05) is 18.8 Å². The number of thioether (sulfide) groups is 1. The van der Waals surface area contributed by atoms with Gasteiger partial charge in [-0.3, -0.25) is 0 Å². The van der Waals surface area contributed by atoms with E-state index >= 15 is 0 Å². The standard InChI is InChI=1S/C14H23N3S/c1-3-7-12-16-13(15-2)10-14(17-12)18-11-8-5-4-6-9-11/h10-11H,3-9H2,1-2H3,(H,15,16,17). The van der Waals surface area contributed by atoms with Crippen molar-refractivity contribution in [1.82, 2.24) is 9.97 Å². The number of anilines is 1. The topological polar surface area (TPSA) is 37.8 Å². The zero-order valence-corrected chi connectivity index (χ0v) is 12.2. The number of nitrogens with one attached hydrogen (secondary N) is 1. The third kappa shape index (κ3) is 3.87. The Morgan fingerprint density at radius 2 is 2.06 bits per heavy atom. The summed E-state index contributed by atoms with van der Waals surface area (Å²) in [6, 6.07) is 2.08. The molecule has 0 unspecified atom stereocenters. The molecule has 1 saturated carbocycles. The summed E-state index contributed by atoms with van der Waals surface area (Å²) in [5.74, 6) is 1.93. The van der Waals surface area contributed by atoms with Gasteiger partial charge in [0, 0.05) is 24.8 Å². The van der Waals surface area contributed by atoms with Gasteiger partial charge >= 0.3 is 0 Å². The van der Waals surface area contributed by atoms with Gasteiger partial charge in [0.15, 0.2) is 0 Å². The number of nitrogens with zero attached hydrogens (tertiary/aromatic N) is 2. The number of hydrogen-bond donors (Lipinski definition) is 1. The highest BCUT2D eigenvalue weighted by Gasteiger charge is 2.16. The molecule has 1 N–H and O–H groups in total. The van der Waals surface area contributed by atoms with Crippen LogP contribution in [-0.4, -0.2) is 22.3 Å². The molecule has 100 valence electrons. The fraction of sp³-hybridized carbons (Fsp3) is 0.714. The summed E-state index contributed by atoms with van der Waals surface area (Å²) in [5, 5.41) is 5.04. The molecule has 0 aliphatic heterocycles. The maximum absolute atomic E-state index is 4.68. The molecule has 2 rings (SSSR count). The highest BCUT2D eigenvalue weighted by molar-refractivity contribution is 7.99. The van der Waals surface area contributed by atoms with Crippen molar-refractivity contribution < 1.29 is 0 Å². The average Bonchev–Trinajstić information content (AvgIpc) is 2.40. The van der Waals surface area contributed by atoms with Crippen LogP contribution in [0.4, 0.5) is 5.82 Å². The molecule has 1 aliphatic carbocycles. The van der Waals surface area contributed by atoms with Crippen molar-refractivity contribution in [3.8, 4) is 0 Å². The van der Waals surface area contributed by atoms with Gasteiger partial charge in [0.25, 0.3) is 0 Å². The van der Waals surface area contributed by atoms with Crippen LogP contribution in [0.3, 0.4) is 0 Å². The minimum Gasteiger partial charge on any atom is -0.373 e. The Hall–Kier alpha value is -0.770. The second-order valence-corrected chi connectivity index (χ2v) is 6.21. The summed E-state index contributed by atoms with van der Waals surface area (Å²) in [6.07, 6.45) is 8.91. The second-order valence-electron chi connectivity index (χ2n) is 4.89. The maximum atomic E-state index is 4.68. The molecule has 0 bridgehead atoms. The van der Waals surface area contributed by atoms with Gasteiger partial charge in [-0.2, -0.15) is 0 Å². The first-order valence-corrected chi connectivity index (χ1v) is 7.92. The molecule has 3 nitrogen and oxygen atoms in total. The van der Waals surface area contributed by atoms with Crippen molar-refractivity contribution in [2.45, 2.75) is 62.1 Å². The molecule has 1 aromatic heterocycles. The molecule has 1 aliphatic rings. The van der Waals surface area contributed by atoms with Crippen LogP contribution in [-0.2, 0) is 6.42 Å². The Bertz CT molecular complexity index is 375. The van der Waals surface area contributed by atoms with Gasteiger partial charge in [0.05, 0.1) is 0 Å². The normalized spacial score (nSPS) is 16.8. The van der Waals surface area contributed by atoms with Crippen LogP contribution in [0.15, 0.2) is 11.1 Å². The van der Waals surface area contributed by atoms with Gasteiger partial charge < -0.3 is 5.32 Å². The van der Waals surface area contributed by atoms with Crippen LogP contribution in [0.1, 0.15) is 51.3 Å². The minimum absolute atomic E-state index is 0.757. The lowest BCUT2D eigenvalue weighted by Crippen LogP contribution is -2.09. The Labute approximate surface area is 114 Å². The van der Waals surface area contributed by atoms with Crippen LogP contribution in [0.2, 0.25) is 0 Å². The number of rotatable bonds is 5. The van der Waals surface area contributed by atoms with E-state index in [1.54, 1.807) is 0 Å². The molecule has 0 saturated heterocycles. The lowest BCUT2D eigenvalue weighted by Gasteiger charge is -2.20. The van der Waals surface area contributed by atoms with Crippen LogP contribution >= 0.6 is 11.8 Å². The molecule has 1 heterocycles. The first-order valence-electron chi connectivity index (χ1n) is 7.04. The van der Waals surface area contributed by atoms with E-state index in [9.17, 15) is 0 Å². The molecule has 4 heteroatoms. The van der Waals surface area contributed by atoms with E-state index in [0.717, 1.165) is 34.8 Å². The van der Waals surface area contributed by atoms with Crippen molar-refractivity contribution in [3.05, 3.63) is 11.9 Å². The van der Waals surface area contributed by atoms with Crippen LogP contribution < -0.4 is 5.32 Å². The summed E-state index contributed by atoms with van der Waals surface area (Å²) in [5.41, 5.74) is 0. The first kappa shape index (κ1) is 13.7. The Balaban J connectivity index is 2.07. The van der Waals surface area contributed by atoms with E-state index in [1.165, 1.54) is 32.1 Å². The van der Waals surface area contributed by atoms with Gasteiger partial charge in [-0.1, -0.05) is 26.2 Å². The van der Waals surface area contributed by atoms with Gasteiger partial charge in [-0.15, -0.1) is 11.8 Å². The van der Waals surface area contributed by atoms with E-state index in [0.29, 0.717) is 0 Å².